The molecular weight excluding hydrogens is 776 g/mol. The molecule has 25 heteroatoms. The molecule has 1 aromatic heterocycles. The Hall–Kier alpha value is -5.28. The van der Waals surface area contributed by atoms with E-state index < -0.39 is 80.3 Å². The van der Waals surface area contributed by atoms with E-state index in [0.29, 0.717) is 5.39 Å². The molecular formula is C27H23FN8O12S4. The Morgan fingerprint density at radius 3 is 1.92 bits per heavy atom. The summed E-state index contributed by atoms with van der Waals surface area (Å²) in [6, 6.07) is 14.6. The monoisotopic (exact) mass is 798 g/mol. The molecule has 274 valence electrons. The largest absolute Gasteiger partial charge is 0.397 e. The Kier molecular flexibility index (Phi) is 10.5. The fraction of sp³-hybridized carbons (Fsp3) is 0.0741. The van der Waals surface area contributed by atoms with Crippen LogP contribution >= 0.6 is 0 Å². The van der Waals surface area contributed by atoms with E-state index in [1.807, 2.05) is 0 Å². The van der Waals surface area contributed by atoms with E-state index in [4.69, 9.17) is 10.3 Å². The summed E-state index contributed by atoms with van der Waals surface area (Å²) in [5.74, 6) is -1.54. The number of benzene rings is 4. The van der Waals surface area contributed by atoms with Crippen molar-refractivity contribution in [3.05, 3.63) is 78.9 Å². The summed E-state index contributed by atoms with van der Waals surface area (Å²) in [7, 11) is -18.4. The van der Waals surface area contributed by atoms with Gasteiger partial charge in [-0.05, 0) is 66.0 Å². The number of azo groups is 1. The molecule has 0 saturated carbocycles. The smallest absolute Gasteiger partial charge is 0.397 e. The molecule has 0 aliphatic carbocycles. The third-order valence-electron chi connectivity index (χ3n) is 6.71. The van der Waals surface area contributed by atoms with Crippen LogP contribution in [0.25, 0.3) is 10.8 Å². The molecule has 7 N–H and O–H groups in total. The molecule has 0 fully saturated rings. The highest BCUT2D eigenvalue weighted by molar-refractivity contribution is 7.91. The summed E-state index contributed by atoms with van der Waals surface area (Å²) in [4.78, 5) is 9.66. The number of anilines is 5. The van der Waals surface area contributed by atoms with Crippen LogP contribution in [0.3, 0.4) is 0 Å². The number of nitrogens with one attached hydrogen (secondary N) is 2. The summed E-state index contributed by atoms with van der Waals surface area (Å²) in [5.41, 5.74) is 5.66. The standard InChI is InChI=1S/C27H23FN8O12S4/c28-25-32-26(30-16-3-7-18(8-4-16)49(37,38)12-11-48-52(45,46)47)34-27(33-25)31-17-5-10-23(51(42,43)44)22(13-17)35-36-24-20-14-19(50(39,40)41)6-1-15(20)2-9-21(24)29/h1-10,13-14H,11-12,29H2,(H,39,40,41)(H,42,43,44)(H,45,46,47)(H2,30,31,32,33,34)/b36-35+. The maximum Gasteiger partial charge on any atom is 0.397 e. The number of hydrogen-bond acceptors (Lipinski definition) is 17. The van der Waals surface area contributed by atoms with Crippen LogP contribution in [-0.4, -0.2) is 74.6 Å². The summed E-state index contributed by atoms with van der Waals surface area (Å²) in [5, 5.41) is 13.7. The summed E-state index contributed by atoms with van der Waals surface area (Å²) in [6.07, 6.45) is -1.27. The van der Waals surface area contributed by atoms with Crippen molar-refractivity contribution in [1.82, 2.24) is 15.0 Å². The number of nitrogen functional groups attached to an aromatic ring is 1. The highest BCUT2D eigenvalue weighted by atomic mass is 32.3. The van der Waals surface area contributed by atoms with Crippen LogP contribution in [0.1, 0.15) is 0 Å². The van der Waals surface area contributed by atoms with Crippen LogP contribution in [0.2, 0.25) is 0 Å². The lowest BCUT2D eigenvalue weighted by molar-refractivity contribution is 0.284. The highest BCUT2D eigenvalue weighted by Gasteiger charge is 2.19. The van der Waals surface area contributed by atoms with Gasteiger partial charge in [0.05, 0.1) is 27.8 Å². The van der Waals surface area contributed by atoms with Crippen LogP contribution in [0.4, 0.5) is 44.7 Å². The molecule has 0 atom stereocenters. The van der Waals surface area contributed by atoms with E-state index in [1.165, 1.54) is 30.3 Å². The van der Waals surface area contributed by atoms with Crippen LogP contribution in [0, 0.1) is 6.08 Å². The van der Waals surface area contributed by atoms with Crippen LogP contribution in [0.5, 0.6) is 0 Å². The van der Waals surface area contributed by atoms with E-state index in [1.54, 1.807) is 0 Å². The molecule has 0 bridgehead atoms. The summed E-state index contributed by atoms with van der Waals surface area (Å²) < 4.78 is 140. The van der Waals surface area contributed by atoms with E-state index in [9.17, 15) is 47.2 Å². The topological polar surface area (TPSA) is 320 Å². The zero-order valence-corrected chi connectivity index (χ0v) is 28.9. The van der Waals surface area contributed by atoms with Crippen molar-refractivity contribution in [2.24, 2.45) is 10.2 Å². The number of rotatable bonds is 13. The van der Waals surface area contributed by atoms with Gasteiger partial charge in [0.25, 0.3) is 20.2 Å². The van der Waals surface area contributed by atoms with Crippen molar-refractivity contribution in [3.8, 4) is 0 Å². The molecule has 0 amide bonds. The molecule has 0 aliphatic rings. The van der Waals surface area contributed by atoms with Gasteiger partial charge in [-0.3, -0.25) is 13.7 Å². The van der Waals surface area contributed by atoms with Gasteiger partial charge in [-0.2, -0.15) is 44.6 Å². The van der Waals surface area contributed by atoms with Crippen molar-refractivity contribution in [3.63, 3.8) is 0 Å². The van der Waals surface area contributed by atoms with E-state index in [0.717, 1.165) is 42.5 Å². The molecule has 0 spiro atoms. The minimum Gasteiger partial charge on any atom is -0.397 e. The number of sulfone groups is 1. The van der Waals surface area contributed by atoms with Crippen LogP contribution in [0.15, 0.2) is 97.7 Å². The Labute approximate surface area is 294 Å². The first-order chi connectivity index (χ1) is 24.2. The average Bonchev–Trinajstić information content (AvgIpc) is 3.02. The lowest BCUT2D eigenvalue weighted by Gasteiger charge is -2.10. The molecule has 4 aromatic carbocycles. The van der Waals surface area contributed by atoms with Crippen molar-refractivity contribution in [2.75, 3.05) is 28.7 Å². The predicted molar refractivity (Wildman–Crippen MR) is 181 cm³/mol. The number of fused-ring (bicyclic) bond motifs is 1. The second-order valence-corrected chi connectivity index (χ2v) is 16.3. The van der Waals surface area contributed by atoms with Gasteiger partial charge in [-0.1, -0.05) is 12.1 Å². The first kappa shape index (κ1) is 38.0. The third kappa shape index (κ3) is 9.53. The molecule has 5 aromatic rings. The first-order valence-corrected chi connectivity index (χ1v) is 19.8. The lowest BCUT2D eigenvalue weighted by atomic mass is 10.1. The van der Waals surface area contributed by atoms with Crippen molar-refractivity contribution < 1.29 is 55.9 Å². The van der Waals surface area contributed by atoms with Crippen LogP contribution in [-0.2, 0) is 44.7 Å². The highest BCUT2D eigenvalue weighted by Crippen LogP contribution is 2.37. The van der Waals surface area contributed by atoms with Gasteiger partial charge in [0.1, 0.15) is 16.3 Å². The van der Waals surface area contributed by atoms with E-state index >= 15 is 0 Å². The zero-order chi connectivity index (χ0) is 38.1. The number of nitrogens with two attached hydrogens (primary N) is 1. The minimum absolute atomic E-state index is 0.00462. The average molecular weight is 799 g/mol. The van der Waals surface area contributed by atoms with Gasteiger partial charge in [0.2, 0.25) is 11.9 Å². The van der Waals surface area contributed by atoms with Crippen LogP contribution < -0.4 is 16.4 Å². The molecule has 20 nitrogen and oxygen atoms in total. The maximum absolute atomic E-state index is 14.4. The Morgan fingerprint density at radius 1 is 0.712 bits per heavy atom. The number of nitrogens with zero attached hydrogens (tertiary/aromatic N) is 5. The number of hydrogen-bond donors (Lipinski definition) is 6. The van der Waals surface area contributed by atoms with Crippen molar-refractivity contribution in [2.45, 2.75) is 14.7 Å². The Bertz CT molecular complexity index is 2680. The molecule has 0 saturated heterocycles. The SMILES string of the molecule is Nc1ccc2ccc(S(=O)(=O)O)cc2c1/N=N/c1cc(Nc2nc(F)nc(Nc3ccc(S(=O)(=O)CCOS(=O)(=O)O)cc3)n2)ccc1S(=O)(=O)O. The van der Waals surface area contributed by atoms with Gasteiger partial charge in [0, 0.05) is 16.8 Å². The molecule has 0 unspecified atom stereocenters. The van der Waals surface area contributed by atoms with Crippen molar-refractivity contribution >= 4 is 91.6 Å². The third-order valence-corrected chi connectivity index (χ3v) is 10.6. The first-order valence-electron chi connectivity index (χ1n) is 13.9. The molecule has 52 heavy (non-hydrogen) atoms. The predicted octanol–water partition coefficient (Wildman–Crippen LogP) is 3.74. The fourth-order valence-corrected chi connectivity index (χ4v) is 7.00. The Balaban J connectivity index is 1.41. The van der Waals surface area contributed by atoms with Gasteiger partial charge in [0.15, 0.2) is 9.84 Å². The number of aromatic nitrogens is 3. The molecule has 0 aliphatic heterocycles. The van der Waals surface area contributed by atoms with Crippen molar-refractivity contribution in [1.29, 1.82) is 0 Å². The molecule has 0 radical (unpaired) electrons. The van der Waals surface area contributed by atoms with E-state index in [2.05, 4.69) is 40.0 Å². The van der Waals surface area contributed by atoms with Gasteiger partial charge < -0.3 is 16.4 Å². The maximum atomic E-state index is 14.4. The van der Waals surface area contributed by atoms with Gasteiger partial charge in [-0.15, -0.1) is 10.2 Å². The molecule has 5 rings (SSSR count). The zero-order valence-electron chi connectivity index (χ0n) is 25.7. The fourth-order valence-electron chi connectivity index (χ4n) is 4.40. The van der Waals surface area contributed by atoms with Gasteiger partial charge in [-0.25, -0.2) is 12.6 Å². The summed E-state index contributed by atoms with van der Waals surface area (Å²) in [6.45, 7) is -0.830. The minimum atomic E-state index is -4.89. The van der Waals surface area contributed by atoms with E-state index in [-0.39, 0.29) is 39.0 Å². The summed E-state index contributed by atoms with van der Waals surface area (Å²) >= 11 is 0. The number of halogens is 1. The second-order valence-electron chi connectivity index (χ2n) is 10.3. The normalized spacial score (nSPS) is 12.7. The quantitative estimate of drug-likeness (QED) is 0.0561. The molecule has 1 heterocycles. The van der Waals surface area contributed by atoms with Gasteiger partial charge >= 0.3 is 16.5 Å². The Morgan fingerprint density at radius 2 is 1.31 bits per heavy atom. The lowest BCUT2D eigenvalue weighted by Crippen LogP contribution is -2.15. The second kappa shape index (κ2) is 14.4.